The Labute approximate surface area is 165 Å². The van der Waals surface area contributed by atoms with Crippen LogP contribution >= 0.6 is 0 Å². The normalized spacial score (nSPS) is 47.2. The Morgan fingerprint density at radius 1 is 0.966 bits per heavy atom. The summed E-state index contributed by atoms with van der Waals surface area (Å²) in [6, 6.07) is 0. The number of fused-ring (bicyclic) bond motifs is 1. The number of carbonyl (C=O) groups excluding carboxylic acids is 1. The van der Waals surface area contributed by atoms with E-state index in [0.717, 1.165) is 13.4 Å². The van der Waals surface area contributed by atoms with Crippen molar-refractivity contribution in [1.29, 1.82) is 0 Å². The second-order valence-electron chi connectivity index (χ2n) is 7.33. The highest BCUT2D eigenvalue weighted by atomic mass is 16.8. The molecule has 1 saturated heterocycles. The molecule has 2 heterocycles. The standard InChI is InChI=1S/C17H26O12/c1-26-15(25)6-4-27-16(9-5(2-18)10(20)12(22)8(6)9)29-17-14(24)13(23)11(21)7(3-19)28-17/h4-5,7-14,16-24H,2-3H2,1H3/t5-,7-,8-,9?,10-,11-,12?,13+,14-,16+,17+/m1/s1. The van der Waals surface area contributed by atoms with Crippen molar-refractivity contribution < 1.29 is 59.5 Å². The zero-order valence-electron chi connectivity index (χ0n) is 15.5. The highest BCUT2D eigenvalue weighted by Gasteiger charge is 2.58. The van der Waals surface area contributed by atoms with E-state index < -0.39 is 86.1 Å². The quantitative estimate of drug-likeness (QED) is 0.211. The largest absolute Gasteiger partial charge is 0.472 e. The van der Waals surface area contributed by atoms with E-state index in [1.807, 2.05) is 0 Å². The topological polar surface area (TPSA) is 196 Å². The number of ether oxygens (including phenoxy) is 4. The molecule has 0 amide bonds. The first-order chi connectivity index (χ1) is 13.8. The van der Waals surface area contributed by atoms with Crippen molar-refractivity contribution >= 4 is 5.97 Å². The van der Waals surface area contributed by atoms with Gasteiger partial charge in [-0.05, 0) is 0 Å². The summed E-state index contributed by atoms with van der Waals surface area (Å²) >= 11 is 0. The van der Waals surface area contributed by atoms with Crippen molar-refractivity contribution in [3.05, 3.63) is 11.8 Å². The lowest BCUT2D eigenvalue weighted by molar-refractivity contribution is -0.343. The van der Waals surface area contributed by atoms with E-state index in [9.17, 15) is 40.5 Å². The molecule has 12 heteroatoms. The van der Waals surface area contributed by atoms with Gasteiger partial charge in [0.15, 0.2) is 6.29 Å². The highest BCUT2D eigenvalue weighted by Crippen LogP contribution is 2.47. The number of rotatable bonds is 5. The van der Waals surface area contributed by atoms with Crippen LogP contribution in [0.5, 0.6) is 0 Å². The monoisotopic (exact) mass is 422 g/mol. The van der Waals surface area contributed by atoms with Gasteiger partial charge in [0.2, 0.25) is 6.29 Å². The molecule has 1 saturated carbocycles. The van der Waals surface area contributed by atoms with E-state index in [2.05, 4.69) is 4.74 Å². The molecule has 2 fully saturated rings. The summed E-state index contributed by atoms with van der Waals surface area (Å²) in [5.41, 5.74) is -0.0614. The van der Waals surface area contributed by atoms with Crippen molar-refractivity contribution in [2.45, 2.75) is 49.2 Å². The first-order valence-corrected chi connectivity index (χ1v) is 9.13. The lowest BCUT2D eigenvalue weighted by Gasteiger charge is -2.43. The van der Waals surface area contributed by atoms with E-state index in [0.29, 0.717) is 0 Å². The Balaban J connectivity index is 1.87. The van der Waals surface area contributed by atoms with Gasteiger partial charge in [-0.15, -0.1) is 0 Å². The first kappa shape index (κ1) is 22.3. The molecule has 2 unspecified atom stereocenters. The smallest absolute Gasteiger partial charge is 0.337 e. The van der Waals surface area contributed by atoms with Crippen molar-refractivity contribution in [2.75, 3.05) is 20.3 Å². The van der Waals surface area contributed by atoms with E-state index in [1.165, 1.54) is 0 Å². The van der Waals surface area contributed by atoms with E-state index in [-0.39, 0.29) is 5.57 Å². The maximum atomic E-state index is 12.0. The van der Waals surface area contributed by atoms with Crippen molar-refractivity contribution in [2.24, 2.45) is 17.8 Å². The Hall–Kier alpha value is -1.35. The molecule has 29 heavy (non-hydrogen) atoms. The Kier molecular flexibility index (Phi) is 6.77. The summed E-state index contributed by atoms with van der Waals surface area (Å²) in [5.74, 6) is -3.68. The maximum Gasteiger partial charge on any atom is 0.337 e. The molecular weight excluding hydrogens is 396 g/mol. The fourth-order valence-corrected chi connectivity index (χ4v) is 4.23. The number of hydrogen-bond acceptors (Lipinski definition) is 12. The zero-order chi connectivity index (χ0) is 21.5. The van der Waals surface area contributed by atoms with Crippen LogP contribution in [0.2, 0.25) is 0 Å². The van der Waals surface area contributed by atoms with E-state index in [1.54, 1.807) is 0 Å². The third-order valence-electron chi connectivity index (χ3n) is 5.82. The number of methoxy groups -OCH3 is 1. The predicted octanol–water partition coefficient (Wildman–Crippen LogP) is -4.21. The molecule has 11 atom stereocenters. The van der Waals surface area contributed by atoms with Gasteiger partial charge in [-0.3, -0.25) is 0 Å². The van der Waals surface area contributed by atoms with E-state index >= 15 is 0 Å². The van der Waals surface area contributed by atoms with Crippen LogP contribution in [0.4, 0.5) is 0 Å². The fraction of sp³-hybridized carbons (Fsp3) is 0.824. The number of esters is 1. The van der Waals surface area contributed by atoms with Crippen LogP contribution < -0.4 is 0 Å². The van der Waals surface area contributed by atoms with Crippen LogP contribution in [0, 0.1) is 17.8 Å². The number of carbonyl (C=O) groups is 1. The van der Waals surface area contributed by atoms with Gasteiger partial charge in [-0.1, -0.05) is 0 Å². The molecular formula is C17H26O12. The van der Waals surface area contributed by atoms with Gasteiger partial charge in [0.1, 0.15) is 24.4 Å². The van der Waals surface area contributed by atoms with Crippen LogP contribution in [0.15, 0.2) is 11.8 Å². The predicted molar refractivity (Wildman–Crippen MR) is 89.4 cm³/mol. The number of aliphatic hydroxyl groups is 7. The molecule has 2 aliphatic heterocycles. The molecule has 0 bridgehead atoms. The minimum Gasteiger partial charge on any atom is -0.472 e. The average molecular weight is 422 g/mol. The van der Waals surface area contributed by atoms with Gasteiger partial charge < -0.3 is 54.7 Å². The molecule has 0 radical (unpaired) electrons. The molecule has 166 valence electrons. The summed E-state index contributed by atoms with van der Waals surface area (Å²) in [6.45, 7) is -1.22. The van der Waals surface area contributed by atoms with Gasteiger partial charge in [0, 0.05) is 24.4 Å². The summed E-state index contributed by atoms with van der Waals surface area (Å²) in [5, 5.41) is 69.7. The molecule has 0 aromatic carbocycles. The first-order valence-electron chi connectivity index (χ1n) is 9.13. The van der Waals surface area contributed by atoms with Gasteiger partial charge in [-0.2, -0.15) is 0 Å². The average Bonchev–Trinajstić information content (AvgIpc) is 2.98. The van der Waals surface area contributed by atoms with Crippen molar-refractivity contribution in [3.8, 4) is 0 Å². The van der Waals surface area contributed by atoms with Crippen LogP contribution in [0.3, 0.4) is 0 Å². The maximum absolute atomic E-state index is 12.0. The second kappa shape index (κ2) is 8.79. The molecule has 7 N–H and O–H groups in total. The third kappa shape index (κ3) is 3.76. The molecule has 3 rings (SSSR count). The molecule has 12 nitrogen and oxygen atoms in total. The summed E-state index contributed by atoms with van der Waals surface area (Å²) < 4.78 is 21.0. The van der Waals surface area contributed by atoms with Gasteiger partial charge in [-0.25, -0.2) is 4.79 Å². The number of hydrogen-bond donors (Lipinski definition) is 7. The van der Waals surface area contributed by atoms with E-state index in [4.69, 9.17) is 14.2 Å². The second-order valence-corrected chi connectivity index (χ2v) is 7.33. The Morgan fingerprint density at radius 3 is 2.24 bits per heavy atom. The van der Waals surface area contributed by atoms with Crippen molar-refractivity contribution in [1.82, 2.24) is 0 Å². The number of aliphatic hydroxyl groups excluding tert-OH is 7. The van der Waals surface area contributed by atoms with Gasteiger partial charge in [0.25, 0.3) is 0 Å². The molecule has 0 spiro atoms. The van der Waals surface area contributed by atoms with Crippen molar-refractivity contribution in [3.63, 3.8) is 0 Å². The third-order valence-corrected chi connectivity index (χ3v) is 5.82. The fourth-order valence-electron chi connectivity index (χ4n) is 4.23. The Bertz CT molecular complexity index is 624. The van der Waals surface area contributed by atoms with Crippen LogP contribution in [-0.4, -0.2) is 111 Å². The van der Waals surface area contributed by atoms with Crippen LogP contribution in [-0.2, 0) is 23.7 Å². The summed E-state index contributed by atoms with van der Waals surface area (Å²) in [6.07, 6.45) is -10.9. The molecule has 0 aromatic heterocycles. The minimum atomic E-state index is -1.70. The van der Waals surface area contributed by atoms with Gasteiger partial charge >= 0.3 is 5.97 Å². The molecule has 1 aliphatic carbocycles. The summed E-state index contributed by atoms with van der Waals surface area (Å²) in [7, 11) is 1.13. The molecule has 0 aromatic rings. The summed E-state index contributed by atoms with van der Waals surface area (Å²) in [4.78, 5) is 12.0. The minimum absolute atomic E-state index is 0.0614. The SMILES string of the molecule is COC(=O)C1=CO[C@@H](O[C@@H]2O[C@H](CO)[C@@H](O)[C@H](O)[C@H]2O)C2[C@@H]1C(O)[C@H](O)[C@@H]2CO. The lowest BCUT2D eigenvalue weighted by Crippen LogP contribution is -2.60. The highest BCUT2D eigenvalue weighted by molar-refractivity contribution is 5.89. The van der Waals surface area contributed by atoms with Crippen LogP contribution in [0.1, 0.15) is 0 Å². The van der Waals surface area contributed by atoms with Gasteiger partial charge in [0.05, 0.1) is 37.8 Å². The zero-order valence-corrected chi connectivity index (χ0v) is 15.5. The lowest BCUT2D eigenvalue weighted by atomic mass is 9.82. The van der Waals surface area contributed by atoms with Crippen LogP contribution in [0.25, 0.3) is 0 Å². The molecule has 3 aliphatic rings. The Morgan fingerprint density at radius 2 is 1.66 bits per heavy atom.